The van der Waals surface area contributed by atoms with Crippen molar-refractivity contribution in [2.24, 2.45) is 0 Å². The smallest absolute Gasteiger partial charge is 0.326 e. The molecule has 0 aliphatic carbocycles. The van der Waals surface area contributed by atoms with Crippen molar-refractivity contribution in [3.05, 3.63) is 0 Å². The fourth-order valence-corrected chi connectivity index (χ4v) is 0.967. The third-order valence-corrected chi connectivity index (χ3v) is 1.63. The molecule has 0 aromatic heterocycles. The molecule has 0 aromatic carbocycles. The summed E-state index contributed by atoms with van der Waals surface area (Å²) in [5.74, 6) is 0. The predicted molar refractivity (Wildman–Crippen MR) is 36.0 cm³/mol. The number of hydrogen-bond acceptors (Lipinski definition) is 2. The molecule has 0 spiro atoms. The first-order valence-corrected chi connectivity index (χ1v) is 3.23. The van der Waals surface area contributed by atoms with Crippen LogP contribution in [0.15, 0.2) is 0 Å². The van der Waals surface area contributed by atoms with Crippen LogP contribution in [0, 0.1) is 0 Å². The second-order valence-corrected chi connectivity index (χ2v) is 2.43. The second-order valence-electron chi connectivity index (χ2n) is 2.11. The summed E-state index contributed by atoms with van der Waals surface area (Å²) in [6.45, 7) is 0.967. The third kappa shape index (κ3) is 1.07. The van der Waals surface area contributed by atoms with E-state index in [2.05, 4.69) is 0 Å². The monoisotopic (exact) mass is 162 g/mol. The molecule has 1 saturated heterocycles. The lowest BCUT2D eigenvalue weighted by atomic mass is 10.6. The van der Waals surface area contributed by atoms with Crippen LogP contribution < -0.4 is 0 Å². The van der Waals surface area contributed by atoms with Gasteiger partial charge in [-0.05, 0) is 11.6 Å². The van der Waals surface area contributed by atoms with E-state index in [0.29, 0.717) is 13.1 Å². The Hall–Kier alpha value is -0.770. The zero-order valence-electron chi connectivity index (χ0n) is 5.50. The molecule has 0 bridgehead atoms. The largest absolute Gasteiger partial charge is 0.327 e. The number of likely N-dealkylation sites (N-methyl/N-ethyl adjacent to an activating group) is 1. The molecule has 0 atom stereocenters. The molecule has 3 amide bonds. The molecule has 4 nitrogen and oxygen atoms in total. The fourth-order valence-electron chi connectivity index (χ4n) is 0.810. The van der Waals surface area contributed by atoms with Gasteiger partial charge in [-0.1, -0.05) is 0 Å². The number of amides is 3. The van der Waals surface area contributed by atoms with Crippen LogP contribution in [0.1, 0.15) is 0 Å². The van der Waals surface area contributed by atoms with Gasteiger partial charge in [-0.15, -0.1) is 0 Å². The van der Waals surface area contributed by atoms with E-state index in [1.54, 1.807) is 7.05 Å². The highest BCUT2D eigenvalue weighted by atomic mass is 35.5. The number of urea groups is 1. The van der Waals surface area contributed by atoms with Crippen molar-refractivity contribution < 1.29 is 9.59 Å². The Morgan fingerprint density at radius 1 is 1.60 bits per heavy atom. The van der Waals surface area contributed by atoms with E-state index < -0.39 is 5.37 Å². The van der Waals surface area contributed by atoms with Gasteiger partial charge in [-0.3, -0.25) is 4.79 Å². The number of nitrogens with zero attached hydrogens (tertiary/aromatic N) is 2. The number of halogens is 1. The summed E-state index contributed by atoms with van der Waals surface area (Å²) in [5.41, 5.74) is 0. The van der Waals surface area contributed by atoms with Gasteiger partial charge < -0.3 is 4.90 Å². The minimum absolute atomic E-state index is 0.319. The number of carbonyl (C=O) groups is 2. The molecule has 0 unspecified atom stereocenters. The van der Waals surface area contributed by atoms with Crippen LogP contribution in [0.2, 0.25) is 0 Å². The Kier molecular flexibility index (Phi) is 1.80. The van der Waals surface area contributed by atoms with Crippen molar-refractivity contribution >= 4 is 23.0 Å². The van der Waals surface area contributed by atoms with E-state index in [4.69, 9.17) is 11.6 Å². The summed E-state index contributed by atoms with van der Waals surface area (Å²) >= 11 is 5.08. The Labute approximate surface area is 63.3 Å². The summed E-state index contributed by atoms with van der Waals surface area (Å²) < 4.78 is 0. The normalized spacial score (nSPS) is 18.4. The van der Waals surface area contributed by atoms with Gasteiger partial charge in [0.25, 0.3) is 0 Å². The van der Waals surface area contributed by atoms with Crippen molar-refractivity contribution in [1.82, 2.24) is 9.80 Å². The molecule has 0 radical (unpaired) electrons. The highest BCUT2D eigenvalue weighted by Gasteiger charge is 2.29. The van der Waals surface area contributed by atoms with Crippen LogP contribution in [0.5, 0.6) is 0 Å². The predicted octanol–water partition coefficient (Wildman–Crippen LogP) is 0.713. The molecule has 0 aromatic rings. The molecule has 1 rings (SSSR count). The summed E-state index contributed by atoms with van der Waals surface area (Å²) in [6.07, 6.45) is 0. The summed E-state index contributed by atoms with van der Waals surface area (Å²) in [7, 11) is 1.63. The van der Waals surface area contributed by atoms with Gasteiger partial charge in [-0.2, -0.15) is 0 Å². The van der Waals surface area contributed by atoms with Crippen LogP contribution in [0.25, 0.3) is 0 Å². The Balaban J connectivity index is 2.66. The highest BCUT2D eigenvalue weighted by Crippen LogP contribution is 2.08. The molecule has 1 aliphatic rings. The van der Waals surface area contributed by atoms with Crippen molar-refractivity contribution in [1.29, 1.82) is 0 Å². The van der Waals surface area contributed by atoms with Crippen molar-refractivity contribution in [2.75, 3.05) is 20.1 Å². The van der Waals surface area contributed by atoms with Gasteiger partial charge in [0, 0.05) is 20.1 Å². The van der Waals surface area contributed by atoms with Crippen LogP contribution >= 0.6 is 11.6 Å². The van der Waals surface area contributed by atoms with Crippen molar-refractivity contribution in [2.45, 2.75) is 0 Å². The Morgan fingerprint density at radius 3 is 2.40 bits per heavy atom. The average Bonchev–Trinajstić information content (AvgIpc) is 2.14. The molecule has 0 saturated carbocycles. The van der Waals surface area contributed by atoms with E-state index >= 15 is 0 Å². The third-order valence-electron chi connectivity index (χ3n) is 1.43. The summed E-state index contributed by atoms with van der Waals surface area (Å²) in [4.78, 5) is 23.8. The molecule has 1 heterocycles. The van der Waals surface area contributed by atoms with Gasteiger partial charge in [0.1, 0.15) is 0 Å². The molecule has 1 aliphatic heterocycles. The zero-order valence-corrected chi connectivity index (χ0v) is 6.26. The van der Waals surface area contributed by atoms with Crippen molar-refractivity contribution in [3.8, 4) is 0 Å². The molecule has 56 valence electrons. The molecule has 0 N–H and O–H groups in total. The SMILES string of the molecule is CN1CCN(C(=O)Cl)C1=O. The molecule has 1 fully saturated rings. The molecule has 5 heteroatoms. The zero-order chi connectivity index (χ0) is 7.72. The van der Waals surface area contributed by atoms with E-state index in [9.17, 15) is 9.59 Å². The van der Waals surface area contributed by atoms with E-state index in [1.165, 1.54) is 4.90 Å². The van der Waals surface area contributed by atoms with Gasteiger partial charge in [-0.25, -0.2) is 9.69 Å². The van der Waals surface area contributed by atoms with Gasteiger partial charge in [0.2, 0.25) is 0 Å². The van der Waals surface area contributed by atoms with E-state index in [0.717, 1.165) is 4.90 Å². The number of rotatable bonds is 0. The highest BCUT2D eigenvalue weighted by molar-refractivity contribution is 6.64. The number of hydrogen-bond donors (Lipinski definition) is 0. The first kappa shape index (κ1) is 7.34. The number of carbonyl (C=O) groups excluding carboxylic acids is 2. The molecular weight excluding hydrogens is 156 g/mol. The average molecular weight is 163 g/mol. The quantitative estimate of drug-likeness (QED) is 0.389. The summed E-state index contributed by atoms with van der Waals surface area (Å²) in [5, 5.41) is -0.700. The van der Waals surface area contributed by atoms with Crippen LogP contribution in [-0.2, 0) is 0 Å². The first-order chi connectivity index (χ1) is 4.63. The van der Waals surface area contributed by atoms with Gasteiger partial charge >= 0.3 is 11.4 Å². The second kappa shape index (κ2) is 2.46. The van der Waals surface area contributed by atoms with Gasteiger partial charge in [0.05, 0.1) is 0 Å². The lowest BCUT2D eigenvalue weighted by Crippen LogP contribution is -2.31. The van der Waals surface area contributed by atoms with Gasteiger partial charge in [0.15, 0.2) is 0 Å². The maximum absolute atomic E-state index is 10.9. The topological polar surface area (TPSA) is 40.6 Å². The van der Waals surface area contributed by atoms with Crippen molar-refractivity contribution in [3.63, 3.8) is 0 Å². The standard InChI is InChI=1S/C5H7ClN2O2/c1-7-2-3-8(4(6)9)5(7)10/h2-3H2,1H3. The minimum atomic E-state index is -0.700. The van der Waals surface area contributed by atoms with E-state index in [1.807, 2.05) is 0 Å². The summed E-state index contributed by atoms with van der Waals surface area (Å²) in [6, 6.07) is -0.319. The maximum atomic E-state index is 10.9. The Morgan fingerprint density at radius 2 is 2.20 bits per heavy atom. The lowest BCUT2D eigenvalue weighted by Gasteiger charge is -2.08. The van der Waals surface area contributed by atoms with E-state index in [-0.39, 0.29) is 6.03 Å². The molecule has 10 heavy (non-hydrogen) atoms. The van der Waals surface area contributed by atoms with Crippen LogP contribution in [-0.4, -0.2) is 41.3 Å². The lowest BCUT2D eigenvalue weighted by molar-refractivity contribution is 0.199. The number of imide groups is 1. The fraction of sp³-hybridized carbons (Fsp3) is 0.600. The maximum Gasteiger partial charge on any atom is 0.327 e. The minimum Gasteiger partial charge on any atom is -0.326 e. The van der Waals surface area contributed by atoms with Crippen LogP contribution in [0.4, 0.5) is 9.59 Å². The van der Waals surface area contributed by atoms with Crippen LogP contribution in [0.3, 0.4) is 0 Å². The molecular formula is C5H7ClN2O2. The first-order valence-electron chi connectivity index (χ1n) is 2.85. The Bertz CT molecular complexity index is 182.